The molecular formula is C15H21ClINO. The average molecular weight is 394 g/mol. The Kier molecular flexibility index (Phi) is 7.76. The first-order valence-corrected chi connectivity index (χ1v) is 8.27. The molecule has 0 radical (unpaired) electrons. The maximum absolute atomic E-state index is 12.0. The molecule has 1 atom stereocenters. The fourth-order valence-corrected chi connectivity index (χ4v) is 2.44. The van der Waals surface area contributed by atoms with Crippen LogP contribution in [0, 0.1) is 9.49 Å². The molecule has 0 aliphatic carbocycles. The quantitative estimate of drug-likeness (QED) is 0.657. The summed E-state index contributed by atoms with van der Waals surface area (Å²) in [6.45, 7) is 5.12. The van der Waals surface area contributed by atoms with Crippen LogP contribution in [0.2, 0.25) is 5.02 Å². The molecule has 1 amide bonds. The molecule has 0 spiro atoms. The van der Waals surface area contributed by atoms with Crippen molar-refractivity contribution in [2.24, 2.45) is 5.92 Å². The Labute approximate surface area is 134 Å². The van der Waals surface area contributed by atoms with E-state index < -0.39 is 0 Å². The van der Waals surface area contributed by atoms with E-state index in [9.17, 15) is 4.79 Å². The fourth-order valence-electron chi connectivity index (χ4n) is 1.92. The Morgan fingerprint density at radius 3 is 2.74 bits per heavy atom. The summed E-state index contributed by atoms with van der Waals surface area (Å²) in [7, 11) is 0. The average Bonchev–Trinajstić information content (AvgIpc) is 2.41. The molecule has 0 aromatic heterocycles. The van der Waals surface area contributed by atoms with Crippen molar-refractivity contribution in [1.29, 1.82) is 0 Å². The van der Waals surface area contributed by atoms with Crippen LogP contribution < -0.4 is 5.32 Å². The lowest BCUT2D eigenvalue weighted by molar-refractivity contribution is 0.0946. The number of amides is 1. The zero-order valence-corrected chi connectivity index (χ0v) is 14.4. The number of benzene rings is 1. The Morgan fingerprint density at radius 1 is 1.42 bits per heavy atom. The molecule has 0 aliphatic rings. The summed E-state index contributed by atoms with van der Waals surface area (Å²) in [5.74, 6) is 0.538. The van der Waals surface area contributed by atoms with Crippen LogP contribution in [0.15, 0.2) is 18.2 Å². The molecule has 4 heteroatoms. The largest absolute Gasteiger partial charge is 0.352 e. The van der Waals surface area contributed by atoms with E-state index in [1.165, 1.54) is 19.3 Å². The van der Waals surface area contributed by atoms with Gasteiger partial charge in [-0.25, -0.2) is 0 Å². The number of halogens is 2. The highest BCUT2D eigenvalue weighted by atomic mass is 127. The van der Waals surface area contributed by atoms with Crippen LogP contribution in [0.3, 0.4) is 0 Å². The summed E-state index contributed by atoms with van der Waals surface area (Å²) in [6.07, 6.45) is 4.72. The summed E-state index contributed by atoms with van der Waals surface area (Å²) < 4.78 is 0.963. The van der Waals surface area contributed by atoms with Crippen molar-refractivity contribution in [2.75, 3.05) is 6.54 Å². The van der Waals surface area contributed by atoms with Crippen molar-refractivity contribution in [1.82, 2.24) is 5.32 Å². The van der Waals surface area contributed by atoms with E-state index in [0.29, 0.717) is 16.5 Å². The first kappa shape index (κ1) is 16.8. The van der Waals surface area contributed by atoms with Gasteiger partial charge in [-0.05, 0) is 53.1 Å². The number of rotatable bonds is 7. The Morgan fingerprint density at radius 2 is 2.16 bits per heavy atom. The van der Waals surface area contributed by atoms with Gasteiger partial charge in [0.15, 0.2) is 0 Å². The Bertz CT molecular complexity index is 423. The van der Waals surface area contributed by atoms with Gasteiger partial charge in [-0.3, -0.25) is 4.79 Å². The summed E-state index contributed by atoms with van der Waals surface area (Å²) in [6, 6.07) is 5.41. The van der Waals surface area contributed by atoms with Crippen molar-refractivity contribution in [2.45, 2.75) is 39.5 Å². The van der Waals surface area contributed by atoms with E-state index in [2.05, 4.69) is 41.8 Å². The van der Waals surface area contributed by atoms with E-state index in [1.54, 1.807) is 6.07 Å². The van der Waals surface area contributed by atoms with E-state index >= 15 is 0 Å². The van der Waals surface area contributed by atoms with Crippen molar-refractivity contribution in [3.05, 3.63) is 32.4 Å². The van der Waals surface area contributed by atoms with Crippen LogP contribution in [-0.2, 0) is 0 Å². The van der Waals surface area contributed by atoms with Gasteiger partial charge in [-0.1, -0.05) is 44.7 Å². The third kappa shape index (κ3) is 5.69. The molecule has 1 aromatic carbocycles. The molecular weight excluding hydrogens is 373 g/mol. The Balaban J connectivity index is 2.52. The normalized spacial score (nSPS) is 12.2. The van der Waals surface area contributed by atoms with Crippen LogP contribution in [0.25, 0.3) is 0 Å². The van der Waals surface area contributed by atoms with E-state index in [-0.39, 0.29) is 5.91 Å². The summed E-state index contributed by atoms with van der Waals surface area (Å²) in [4.78, 5) is 12.0. The lowest BCUT2D eigenvalue weighted by Gasteiger charge is -2.15. The van der Waals surface area contributed by atoms with Gasteiger partial charge >= 0.3 is 0 Å². The van der Waals surface area contributed by atoms with E-state index in [1.807, 2.05) is 12.1 Å². The minimum Gasteiger partial charge on any atom is -0.352 e. The molecule has 0 fully saturated rings. The first-order chi connectivity index (χ1) is 9.08. The predicted molar refractivity (Wildman–Crippen MR) is 89.8 cm³/mol. The monoisotopic (exact) mass is 393 g/mol. The third-order valence-electron chi connectivity index (χ3n) is 3.28. The lowest BCUT2D eigenvalue weighted by atomic mass is 9.99. The second-order valence-electron chi connectivity index (χ2n) is 4.76. The molecule has 1 N–H and O–H groups in total. The Hall–Kier alpha value is -0.290. The molecule has 1 unspecified atom stereocenters. The van der Waals surface area contributed by atoms with Crippen LogP contribution in [-0.4, -0.2) is 12.5 Å². The molecule has 19 heavy (non-hydrogen) atoms. The van der Waals surface area contributed by atoms with Crippen LogP contribution >= 0.6 is 34.2 Å². The van der Waals surface area contributed by atoms with Crippen molar-refractivity contribution in [3.8, 4) is 0 Å². The number of nitrogens with one attached hydrogen (secondary N) is 1. The van der Waals surface area contributed by atoms with Crippen LogP contribution in [0.1, 0.15) is 49.9 Å². The number of hydrogen-bond acceptors (Lipinski definition) is 1. The molecule has 0 saturated carbocycles. The van der Waals surface area contributed by atoms with Crippen molar-refractivity contribution < 1.29 is 4.79 Å². The topological polar surface area (TPSA) is 29.1 Å². The molecule has 1 aromatic rings. The number of carbonyl (C=O) groups excluding carboxylic acids is 1. The highest BCUT2D eigenvalue weighted by molar-refractivity contribution is 14.1. The lowest BCUT2D eigenvalue weighted by Crippen LogP contribution is -2.29. The van der Waals surface area contributed by atoms with Gasteiger partial charge in [0, 0.05) is 15.7 Å². The summed E-state index contributed by atoms with van der Waals surface area (Å²) in [5.41, 5.74) is 0.635. The maximum atomic E-state index is 12.0. The van der Waals surface area contributed by atoms with Gasteiger partial charge in [0.2, 0.25) is 0 Å². The minimum absolute atomic E-state index is 0.0340. The van der Waals surface area contributed by atoms with Gasteiger partial charge < -0.3 is 5.32 Å². The number of hydrogen-bond donors (Lipinski definition) is 1. The molecule has 2 nitrogen and oxygen atoms in total. The fraction of sp³-hybridized carbons (Fsp3) is 0.533. The molecule has 106 valence electrons. The second kappa shape index (κ2) is 8.80. The molecule has 0 saturated heterocycles. The number of unbranched alkanes of at least 4 members (excludes halogenated alkanes) is 1. The van der Waals surface area contributed by atoms with Crippen LogP contribution in [0.5, 0.6) is 0 Å². The van der Waals surface area contributed by atoms with Crippen molar-refractivity contribution in [3.63, 3.8) is 0 Å². The summed E-state index contributed by atoms with van der Waals surface area (Å²) >= 11 is 8.18. The smallest absolute Gasteiger partial charge is 0.251 e. The maximum Gasteiger partial charge on any atom is 0.251 e. The van der Waals surface area contributed by atoms with E-state index in [0.717, 1.165) is 16.5 Å². The van der Waals surface area contributed by atoms with Crippen LogP contribution in [0.4, 0.5) is 0 Å². The minimum atomic E-state index is -0.0340. The van der Waals surface area contributed by atoms with E-state index in [4.69, 9.17) is 11.6 Å². The molecule has 0 heterocycles. The molecule has 0 bridgehead atoms. The second-order valence-corrected chi connectivity index (χ2v) is 6.32. The summed E-state index contributed by atoms with van der Waals surface area (Å²) in [5, 5.41) is 3.64. The highest BCUT2D eigenvalue weighted by Crippen LogP contribution is 2.19. The van der Waals surface area contributed by atoms with Crippen molar-refractivity contribution >= 4 is 40.1 Å². The first-order valence-electron chi connectivity index (χ1n) is 6.81. The van der Waals surface area contributed by atoms with Gasteiger partial charge in [0.05, 0.1) is 5.02 Å². The van der Waals surface area contributed by atoms with Gasteiger partial charge in [-0.2, -0.15) is 0 Å². The number of carbonyl (C=O) groups is 1. The van der Waals surface area contributed by atoms with Gasteiger partial charge in [0.25, 0.3) is 5.91 Å². The van der Waals surface area contributed by atoms with Gasteiger partial charge in [0.1, 0.15) is 0 Å². The SMILES string of the molecule is CCCCC(CC)CNC(=O)c1ccc(I)c(Cl)c1. The molecule has 0 aliphatic heterocycles. The zero-order valence-electron chi connectivity index (χ0n) is 11.5. The van der Waals surface area contributed by atoms with Gasteiger partial charge in [-0.15, -0.1) is 0 Å². The molecule has 1 rings (SSSR count). The highest BCUT2D eigenvalue weighted by Gasteiger charge is 2.11. The predicted octanol–water partition coefficient (Wildman–Crippen LogP) is 4.89. The standard InChI is InChI=1S/C15H21ClINO/c1-3-5-6-11(4-2)10-18-15(19)12-7-8-14(17)13(16)9-12/h7-9,11H,3-6,10H2,1-2H3,(H,18,19). The third-order valence-corrected chi connectivity index (χ3v) is 4.85. The zero-order chi connectivity index (χ0) is 14.3.